The quantitative estimate of drug-likeness (QED) is 0.614. The molecule has 0 heterocycles. The smallest absolute Gasteiger partial charge is 0.260 e. The Hall–Kier alpha value is -1.97. The highest BCUT2D eigenvalue weighted by Gasteiger charge is 2.41. The van der Waals surface area contributed by atoms with Crippen molar-refractivity contribution in [3.63, 3.8) is 0 Å². The molecule has 0 aliphatic heterocycles. The molecule has 21 heavy (non-hydrogen) atoms. The molecule has 0 amide bonds. The topological polar surface area (TPSA) is 35.5 Å². The molecule has 0 saturated heterocycles. The number of carbonyl (C=O) groups excluding carboxylic acids is 1. The highest BCUT2D eigenvalue weighted by atomic mass is 16.7. The van der Waals surface area contributed by atoms with E-state index in [2.05, 4.69) is 0 Å². The zero-order chi connectivity index (χ0) is 15.7. The monoisotopic (exact) mass is 286 g/mol. The summed E-state index contributed by atoms with van der Waals surface area (Å²) >= 11 is 0. The maximum Gasteiger partial charge on any atom is 0.260 e. The minimum Gasteiger partial charge on any atom is -0.343 e. The lowest BCUT2D eigenvalue weighted by molar-refractivity contribution is -0.176. The minimum absolute atomic E-state index is 0.218. The lowest BCUT2D eigenvalue weighted by Gasteiger charge is -2.29. The van der Waals surface area contributed by atoms with Gasteiger partial charge in [0.1, 0.15) is 0 Å². The maximum atomic E-state index is 12.7. The Labute approximate surface area is 126 Å². The summed E-state index contributed by atoms with van der Waals surface area (Å²) < 4.78 is 10.8. The van der Waals surface area contributed by atoms with Crippen LogP contribution in [0.4, 0.5) is 0 Å². The first-order valence-corrected chi connectivity index (χ1v) is 7.00. The number of hydrogen-bond donors (Lipinski definition) is 0. The van der Waals surface area contributed by atoms with Crippen LogP contribution in [0, 0.1) is 0 Å². The summed E-state index contributed by atoms with van der Waals surface area (Å²) in [7, 11) is 2.94. The summed E-state index contributed by atoms with van der Waals surface area (Å²) in [5, 5.41) is 0. The van der Waals surface area contributed by atoms with Crippen LogP contribution in [0.2, 0.25) is 0 Å². The van der Waals surface area contributed by atoms with Crippen LogP contribution in [0.1, 0.15) is 29.8 Å². The first-order chi connectivity index (χ1) is 10.2. The summed E-state index contributed by atoms with van der Waals surface area (Å²) in [6.07, 6.45) is 0. The van der Waals surface area contributed by atoms with Crippen molar-refractivity contribution >= 4 is 5.78 Å². The van der Waals surface area contributed by atoms with Crippen LogP contribution in [0.15, 0.2) is 60.7 Å². The Balaban J connectivity index is 0.00000106. The molecule has 3 nitrogen and oxygen atoms in total. The van der Waals surface area contributed by atoms with E-state index in [0.29, 0.717) is 11.1 Å². The summed E-state index contributed by atoms with van der Waals surface area (Å²) in [5.74, 6) is -1.62. The number of ether oxygens (including phenoxy) is 2. The molecule has 2 aromatic rings. The highest BCUT2D eigenvalue weighted by molar-refractivity contribution is 6.02. The van der Waals surface area contributed by atoms with Gasteiger partial charge in [-0.1, -0.05) is 74.5 Å². The first kappa shape index (κ1) is 17.1. The van der Waals surface area contributed by atoms with Gasteiger partial charge < -0.3 is 9.47 Å². The molecular formula is C18H22O3. The number of ketones is 1. The predicted octanol–water partition coefficient (Wildman–Crippen LogP) is 4.04. The number of hydrogen-bond acceptors (Lipinski definition) is 3. The molecule has 0 aliphatic carbocycles. The van der Waals surface area contributed by atoms with Gasteiger partial charge in [-0.25, -0.2) is 0 Å². The molecule has 2 rings (SSSR count). The van der Waals surface area contributed by atoms with Gasteiger partial charge in [0.25, 0.3) is 5.79 Å². The summed E-state index contributed by atoms with van der Waals surface area (Å²) in [5.41, 5.74) is 1.23. The maximum absolute atomic E-state index is 12.7. The number of methoxy groups -OCH3 is 2. The van der Waals surface area contributed by atoms with E-state index in [1.807, 2.05) is 62.4 Å². The Morgan fingerprint density at radius 2 is 1.24 bits per heavy atom. The molecule has 2 aromatic carbocycles. The van der Waals surface area contributed by atoms with Crippen molar-refractivity contribution in [3.8, 4) is 0 Å². The molecule has 112 valence electrons. The van der Waals surface area contributed by atoms with Gasteiger partial charge in [-0.2, -0.15) is 0 Å². The van der Waals surface area contributed by atoms with Crippen LogP contribution in [0.3, 0.4) is 0 Å². The second kappa shape index (κ2) is 8.35. The fourth-order valence-electron chi connectivity index (χ4n) is 2.07. The van der Waals surface area contributed by atoms with Gasteiger partial charge in [0.15, 0.2) is 0 Å². The number of carbonyl (C=O) groups is 1. The van der Waals surface area contributed by atoms with Gasteiger partial charge >= 0.3 is 0 Å². The van der Waals surface area contributed by atoms with Gasteiger partial charge in [0.2, 0.25) is 5.78 Å². The fraction of sp³-hybridized carbons (Fsp3) is 0.278. The summed E-state index contributed by atoms with van der Waals surface area (Å²) in [4.78, 5) is 12.7. The van der Waals surface area contributed by atoms with Crippen molar-refractivity contribution < 1.29 is 14.3 Å². The van der Waals surface area contributed by atoms with Crippen LogP contribution in [-0.2, 0) is 15.3 Å². The molecule has 0 spiro atoms. The molecule has 0 radical (unpaired) electrons. The zero-order valence-corrected chi connectivity index (χ0v) is 13.0. The number of benzene rings is 2. The summed E-state index contributed by atoms with van der Waals surface area (Å²) in [6, 6.07) is 18.2. The zero-order valence-electron chi connectivity index (χ0n) is 13.0. The number of rotatable bonds is 5. The van der Waals surface area contributed by atoms with Crippen LogP contribution < -0.4 is 0 Å². The largest absolute Gasteiger partial charge is 0.343 e. The fourth-order valence-corrected chi connectivity index (χ4v) is 2.07. The van der Waals surface area contributed by atoms with Gasteiger partial charge in [-0.05, 0) is 0 Å². The van der Waals surface area contributed by atoms with Crippen molar-refractivity contribution in [1.29, 1.82) is 0 Å². The third kappa shape index (κ3) is 3.57. The summed E-state index contributed by atoms with van der Waals surface area (Å²) in [6.45, 7) is 4.00. The van der Waals surface area contributed by atoms with E-state index in [-0.39, 0.29) is 5.78 Å². The molecular weight excluding hydrogens is 264 g/mol. The second-order valence-corrected chi connectivity index (χ2v) is 4.09. The van der Waals surface area contributed by atoms with Crippen LogP contribution in [-0.4, -0.2) is 20.0 Å². The highest BCUT2D eigenvalue weighted by Crippen LogP contribution is 2.30. The van der Waals surface area contributed by atoms with Gasteiger partial charge in [-0.15, -0.1) is 0 Å². The van der Waals surface area contributed by atoms with Gasteiger partial charge in [0, 0.05) is 25.3 Å². The van der Waals surface area contributed by atoms with Crippen LogP contribution in [0.25, 0.3) is 0 Å². The molecule has 0 bridgehead atoms. The van der Waals surface area contributed by atoms with Crippen LogP contribution in [0.5, 0.6) is 0 Å². The molecule has 0 unspecified atom stereocenters. The first-order valence-electron chi connectivity index (χ1n) is 7.00. The molecule has 0 aromatic heterocycles. The van der Waals surface area contributed by atoms with Crippen molar-refractivity contribution in [2.24, 2.45) is 0 Å². The Morgan fingerprint density at radius 1 is 0.810 bits per heavy atom. The average molecular weight is 286 g/mol. The standard InChI is InChI=1S/C16H16O3.C2H6/c1-18-16(19-2,14-11-7-4-8-12-14)15(17)13-9-5-3-6-10-13;1-2/h3-12H,1-2H3;1-2H3. The van der Waals surface area contributed by atoms with E-state index in [1.54, 1.807) is 12.1 Å². The third-order valence-electron chi connectivity index (χ3n) is 3.06. The normalized spacial score (nSPS) is 10.5. The molecule has 0 N–H and O–H groups in total. The third-order valence-corrected chi connectivity index (χ3v) is 3.06. The SMILES string of the molecule is CC.COC(OC)(C(=O)c1ccccc1)c1ccccc1. The lowest BCUT2D eigenvalue weighted by Crippen LogP contribution is -2.39. The lowest BCUT2D eigenvalue weighted by atomic mass is 9.96. The Morgan fingerprint density at radius 3 is 1.67 bits per heavy atom. The van der Waals surface area contributed by atoms with Gasteiger partial charge in [-0.3, -0.25) is 4.79 Å². The molecule has 0 saturated carbocycles. The van der Waals surface area contributed by atoms with Crippen LogP contribution >= 0.6 is 0 Å². The van der Waals surface area contributed by atoms with Crippen molar-refractivity contribution in [1.82, 2.24) is 0 Å². The minimum atomic E-state index is -1.40. The van der Waals surface area contributed by atoms with Crippen molar-refractivity contribution in [3.05, 3.63) is 71.8 Å². The Kier molecular flexibility index (Phi) is 6.79. The van der Waals surface area contributed by atoms with E-state index in [1.165, 1.54) is 14.2 Å². The molecule has 0 atom stereocenters. The van der Waals surface area contributed by atoms with E-state index >= 15 is 0 Å². The van der Waals surface area contributed by atoms with E-state index in [0.717, 1.165) is 0 Å². The molecule has 3 heteroatoms. The van der Waals surface area contributed by atoms with E-state index in [4.69, 9.17) is 9.47 Å². The predicted molar refractivity (Wildman–Crippen MR) is 84.3 cm³/mol. The van der Waals surface area contributed by atoms with Crippen molar-refractivity contribution in [2.45, 2.75) is 19.6 Å². The van der Waals surface area contributed by atoms with E-state index < -0.39 is 5.79 Å². The van der Waals surface area contributed by atoms with Crippen molar-refractivity contribution in [2.75, 3.05) is 14.2 Å². The van der Waals surface area contributed by atoms with E-state index in [9.17, 15) is 4.79 Å². The Bertz CT molecular complexity index is 531. The average Bonchev–Trinajstić information content (AvgIpc) is 2.60. The van der Waals surface area contributed by atoms with Gasteiger partial charge in [0.05, 0.1) is 0 Å². The number of Topliss-reactive ketones (excluding diaryl/α,β-unsaturated/α-hetero) is 1. The molecule has 0 aliphatic rings. The molecule has 0 fully saturated rings. The second-order valence-electron chi connectivity index (χ2n) is 4.09.